The molecule has 102 valence electrons. The molecule has 5 nitrogen and oxygen atoms in total. The summed E-state index contributed by atoms with van der Waals surface area (Å²) in [5, 5.41) is 2.68. The largest absolute Gasteiger partial charge is 0.389 e. The Hall–Kier alpha value is -1.86. The number of aromatic nitrogens is 2. The third-order valence-corrected chi connectivity index (χ3v) is 3.62. The molecule has 2 aromatic heterocycles. The van der Waals surface area contributed by atoms with Gasteiger partial charge in [-0.15, -0.1) is 0 Å². The predicted octanol–water partition coefficient (Wildman–Crippen LogP) is 2.43. The molecule has 0 aliphatic carbocycles. The molecular weight excluding hydrogens is 340 g/mol. The molecule has 0 radical (unpaired) electrons. The molecule has 0 unspecified atom stereocenters. The van der Waals surface area contributed by atoms with E-state index in [-0.39, 0.29) is 16.6 Å². The molecule has 2 aromatic rings. The molecule has 2 rings (SSSR count). The van der Waals surface area contributed by atoms with Crippen LogP contribution in [0, 0.1) is 6.92 Å². The van der Waals surface area contributed by atoms with Gasteiger partial charge in [-0.05, 0) is 47.1 Å². The van der Waals surface area contributed by atoms with Crippen molar-refractivity contribution in [2.75, 3.05) is 5.32 Å². The molecule has 0 aromatic carbocycles. The highest BCUT2D eigenvalue weighted by molar-refractivity contribution is 9.10. The number of anilines is 1. The Morgan fingerprint density at radius 3 is 2.65 bits per heavy atom. The smallest absolute Gasteiger partial charge is 0.275 e. The van der Waals surface area contributed by atoms with Crippen molar-refractivity contribution in [3.8, 4) is 0 Å². The minimum absolute atomic E-state index is 0.245. The first kappa shape index (κ1) is 14.5. The van der Waals surface area contributed by atoms with Gasteiger partial charge >= 0.3 is 0 Å². The summed E-state index contributed by atoms with van der Waals surface area (Å²) in [5.74, 6) is 0.129. The maximum Gasteiger partial charge on any atom is 0.275 e. The van der Waals surface area contributed by atoms with Crippen molar-refractivity contribution >= 4 is 44.9 Å². The summed E-state index contributed by atoms with van der Waals surface area (Å²) in [7, 11) is 0. The van der Waals surface area contributed by atoms with Crippen LogP contribution in [0.15, 0.2) is 34.9 Å². The minimum Gasteiger partial charge on any atom is -0.389 e. The average molecular weight is 351 g/mol. The average Bonchev–Trinajstić information content (AvgIpc) is 2.43. The van der Waals surface area contributed by atoms with Crippen LogP contribution in [-0.4, -0.2) is 20.9 Å². The van der Waals surface area contributed by atoms with Crippen LogP contribution in [0.2, 0.25) is 0 Å². The highest BCUT2D eigenvalue weighted by Crippen LogP contribution is 2.16. The van der Waals surface area contributed by atoms with Gasteiger partial charge < -0.3 is 11.1 Å². The van der Waals surface area contributed by atoms with Gasteiger partial charge in [0, 0.05) is 16.2 Å². The van der Waals surface area contributed by atoms with Crippen molar-refractivity contribution in [1.82, 2.24) is 9.97 Å². The van der Waals surface area contributed by atoms with Crippen LogP contribution >= 0.6 is 28.1 Å². The SMILES string of the molecule is Cc1nc(NC(=O)c2ccc(C(N)=S)cn2)ccc1Br. The molecule has 0 saturated heterocycles. The highest BCUT2D eigenvalue weighted by Gasteiger charge is 2.09. The number of nitrogens with one attached hydrogen (secondary N) is 1. The molecule has 3 N–H and O–H groups in total. The van der Waals surface area contributed by atoms with Crippen LogP contribution in [0.5, 0.6) is 0 Å². The first-order chi connectivity index (χ1) is 9.47. The van der Waals surface area contributed by atoms with Gasteiger partial charge in [-0.2, -0.15) is 0 Å². The lowest BCUT2D eigenvalue weighted by atomic mass is 10.2. The summed E-state index contributed by atoms with van der Waals surface area (Å²) in [5.41, 5.74) is 7.15. The molecule has 0 fully saturated rings. The minimum atomic E-state index is -0.339. The number of carbonyl (C=O) groups excluding carboxylic acids is 1. The number of thiocarbonyl (C=S) groups is 1. The van der Waals surface area contributed by atoms with E-state index >= 15 is 0 Å². The van der Waals surface area contributed by atoms with Gasteiger partial charge in [-0.1, -0.05) is 12.2 Å². The Morgan fingerprint density at radius 2 is 2.10 bits per heavy atom. The summed E-state index contributed by atoms with van der Waals surface area (Å²) in [4.78, 5) is 20.5. The van der Waals surface area contributed by atoms with Crippen molar-refractivity contribution in [2.24, 2.45) is 5.73 Å². The summed E-state index contributed by atoms with van der Waals surface area (Å²) < 4.78 is 0.884. The van der Waals surface area contributed by atoms with Crippen molar-refractivity contribution in [2.45, 2.75) is 6.92 Å². The lowest BCUT2D eigenvalue weighted by Gasteiger charge is -2.06. The van der Waals surface area contributed by atoms with E-state index in [4.69, 9.17) is 18.0 Å². The van der Waals surface area contributed by atoms with E-state index in [1.807, 2.05) is 13.0 Å². The molecule has 0 aliphatic heterocycles. The molecule has 7 heteroatoms. The third kappa shape index (κ3) is 3.37. The molecule has 20 heavy (non-hydrogen) atoms. The number of nitrogens with zero attached hydrogens (tertiary/aromatic N) is 2. The molecular formula is C13H11BrN4OS. The molecule has 1 amide bonds. The zero-order chi connectivity index (χ0) is 14.7. The van der Waals surface area contributed by atoms with Gasteiger partial charge in [-0.3, -0.25) is 9.78 Å². The van der Waals surface area contributed by atoms with Gasteiger partial charge in [0.05, 0.1) is 5.69 Å². The second-order valence-corrected chi connectivity index (χ2v) is 5.31. The van der Waals surface area contributed by atoms with Crippen LogP contribution in [0.25, 0.3) is 0 Å². The van der Waals surface area contributed by atoms with Crippen LogP contribution in [-0.2, 0) is 0 Å². The van der Waals surface area contributed by atoms with Crippen molar-refractivity contribution in [3.63, 3.8) is 0 Å². The zero-order valence-corrected chi connectivity index (χ0v) is 13.0. The van der Waals surface area contributed by atoms with Gasteiger partial charge in [0.1, 0.15) is 16.5 Å². The fourth-order valence-corrected chi connectivity index (χ4v) is 1.81. The fraction of sp³-hybridized carbons (Fsp3) is 0.0769. The number of rotatable bonds is 3. The Bertz CT molecular complexity index is 673. The predicted molar refractivity (Wildman–Crippen MR) is 84.8 cm³/mol. The topological polar surface area (TPSA) is 80.9 Å². The number of amides is 1. The first-order valence-corrected chi connectivity index (χ1v) is 6.88. The van der Waals surface area contributed by atoms with E-state index in [2.05, 4.69) is 31.2 Å². The Kier molecular flexibility index (Phi) is 4.41. The highest BCUT2D eigenvalue weighted by atomic mass is 79.9. The number of hydrogen-bond acceptors (Lipinski definition) is 4. The standard InChI is InChI=1S/C13H11BrN4OS/c1-7-9(14)3-5-11(17-7)18-13(19)10-4-2-8(6-16-10)12(15)20/h2-6H,1H3,(H2,15,20)(H,17,18,19). The van der Waals surface area contributed by atoms with Crippen molar-refractivity contribution in [1.29, 1.82) is 0 Å². The van der Waals surface area contributed by atoms with Gasteiger partial charge in [0.25, 0.3) is 5.91 Å². The maximum absolute atomic E-state index is 12.0. The second-order valence-electron chi connectivity index (χ2n) is 4.01. The molecule has 2 heterocycles. The summed E-state index contributed by atoms with van der Waals surface area (Å²) in [6, 6.07) is 6.75. The lowest BCUT2D eigenvalue weighted by Crippen LogP contribution is -2.16. The molecule has 0 spiro atoms. The van der Waals surface area contributed by atoms with E-state index < -0.39 is 0 Å². The number of halogens is 1. The fourth-order valence-electron chi connectivity index (χ4n) is 1.47. The third-order valence-electron chi connectivity index (χ3n) is 2.54. The zero-order valence-electron chi connectivity index (χ0n) is 10.6. The lowest BCUT2D eigenvalue weighted by molar-refractivity contribution is 0.102. The van der Waals surface area contributed by atoms with E-state index in [1.165, 1.54) is 6.20 Å². The Labute approximate surface area is 129 Å². The number of nitrogens with two attached hydrogens (primary N) is 1. The first-order valence-electron chi connectivity index (χ1n) is 5.67. The molecule has 0 atom stereocenters. The number of hydrogen-bond donors (Lipinski definition) is 2. The van der Waals surface area contributed by atoms with Crippen LogP contribution < -0.4 is 11.1 Å². The second kappa shape index (κ2) is 6.06. The van der Waals surface area contributed by atoms with E-state index in [0.717, 1.165) is 10.2 Å². The molecule has 0 bridgehead atoms. The number of pyridine rings is 2. The van der Waals surface area contributed by atoms with Crippen molar-refractivity contribution in [3.05, 3.63) is 51.9 Å². The Balaban J connectivity index is 2.15. The van der Waals surface area contributed by atoms with Crippen LogP contribution in [0.4, 0.5) is 5.82 Å². The normalized spacial score (nSPS) is 10.1. The quantitative estimate of drug-likeness (QED) is 0.831. The van der Waals surface area contributed by atoms with Gasteiger partial charge in [-0.25, -0.2) is 4.98 Å². The van der Waals surface area contributed by atoms with Gasteiger partial charge in [0.15, 0.2) is 0 Å². The van der Waals surface area contributed by atoms with E-state index in [0.29, 0.717) is 11.4 Å². The summed E-state index contributed by atoms with van der Waals surface area (Å²) >= 11 is 8.18. The van der Waals surface area contributed by atoms with Crippen LogP contribution in [0.1, 0.15) is 21.7 Å². The van der Waals surface area contributed by atoms with E-state index in [1.54, 1.807) is 18.2 Å². The number of carbonyl (C=O) groups is 1. The molecule has 0 saturated carbocycles. The van der Waals surface area contributed by atoms with Crippen LogP contribution in [0.3, 0.4) is 0 Å². The Morgan fingerprint density at radius 1 is 1.35 bits per heavy atom. The monoisotopic (exact) mass is 350 g/mol. The van der Waals surface area contributed by atoms with Gasteiger partial charge in [0.2, 0.25) is 0 Å². The van der Waals surface area contributed by atoms with Crippen molar-refractivity contribution < 1.29 is 4.79 Å². The summed E-state index contributed by atoms with van der Waals surface area (Å²) in [6.07, 6.45) is 1.47. The molecule has 0 aliphatic rings. The number of aryl methyl sites for hydroxylation is 1. The maximum atomic E-state index is 12.0. The summed E-state index contributed by atoms with van der Waals surface area (Å²) in [6.45, 7) is 1.84. The van der Waals surface area contributed by atoms with E-state index in [9.17, 15) is 4.79 Å².